The number of hydrogen-bond acceptors (Lipinski definition) is 4. The van der Waals surface area contributed by atoms with Crippen molar-refractivity contribution in [3.05, 3.63) is 29.8 Å². The Morgan fingerprint density at radius 3 is 2.28 bits per heavy atom. The van der Waals surface area contributed by atoms with Crippen LogP contribution in [0.3, 0.4) is 0 Å². The predicted molar refractivity (Wildman–Crippen MR) is 125 cm³/mol. The Labute approximate surface area is 191 Å². The minimum atomic E-state index is -0.0892. The van der Waals surface area contributed by atoms with E-state index in [1.54, 1.807) is 4.90 Å². The lowest BCUT2D eigenvalue weighted by Crippen LogP contribution is -2.46. The number of carbonyl (C=O) groups is 2. The highest BCUT2D eigenvalue weighted by Crippen LogP contribution is 2.30. The maximum atomic E-state index is 13.5. The third kappa shape index (κ3) is 6.01. The van der Waals surface area contributed by atoms with E-state index in [1.165, 1.54) is 6.42 Å². The SMILES string of the molecule is NC1CCC(N(Cc2ccc(NC(=O)N3CCOCC3)cc2)C(=O)C2CCCCC2)CC1. The summed E-state index contributed by atoms with van der Waals surface area (Å²) in [7, 11) is 0. The Bertz CT molecular complexity index is 749. The van der Waals surface area contributed by atoms with E-state index in [1.807, 2.05) is 24.3 Å². The van der Waals surface area contributed by atoms with E-state index < -0.39 is 0 Å². The molecule has 0 bridgehead atoms. The third-order valence-corrected chi connectivity index (χ3v) is 7.28. The molecule has 3 amide bonds. The summed E-state index contributed by atoms with van der Waals surface area (Å²) in [5, 5.41) is 2.97. The molecule has 7 nitrogen and oxygen atoms in total. The molecule has 2 aliphatic carbocycles. The topological polar surface area (TPSA) is 87.9 Å². The average molecular weight is 443 g/mol. The highest BCUT2D eigenvalue weighted by atomic mass is 16.5. The van der Waals surface area contributed by atoms with Gasteiger partial charge in [-0.25, -0.2) is 4.79 Å². The largest absolute Gasteiger partial charge is 0.378 e. The number of benzene rings is 1. The second-order valence-corrected chi connectivity index (χ2v) is 9.60. The molecule has 1 saturated heterocycles. The molecule has 0 radical (unpaired) electrons. The van der Waals surface area contributed by atoms with Crippen molar-refractivity contribution in [3.63, 3.8) is 0 Å². The molecule has 0 aromatic heterocycles. The predicted octanol–water partition coefficient (Wildman–Crippen LogP) is 3.73. The zero-order chi connectivity index (χ0) is 22.3. The van der Waals surface area contributed by atoms with E-state index in [4.69, 9.17) is 10.5 Å². The summed E-state index contributed by atoms with van der Waals surface area (Å²) in [4.78, 5) is 29.8. The van der Waals surface area contributed by atoms with E-state index >= 15 is 0 Å². The van der Waals surface area contributed by atoms with Gasteiger partial charge in [-0.3, -0.25) is 4.79 Å². The number of nitrogens with two attached hydrogens (primary N) is 1. The molecule has 176 valence electrons. The van der Waals surface area contributed by atoms with Crippen LogP contribution < -0.4 is 11.1 Å². The highest BCUT2D eigenvalue weighted by Gasteiger charge is 2.32. The second-order valence-electron chi connectivity index (χ2n) is 9.60. The fourth-order valence-electron chi connectivity index (χ4n) is 5.24. The van der Waals surface area contributed by atoms with Crippen molar-refractivity contribution in [3.8, 4) is 0 Å². The van der Waals surface area contributed by atoms with E-state index in [-0.39, 0.29) is 24.0 Å². The van der Waals surface area contributed by atoms with Crippen molar-refractivity contribution in [2.75, 3.05) is 31.6 Å². The van der Waals surface area contributed by atoms with Crippen LogP contribution in [0.25, 0.3) is 0 Å². The van der Waals surface area contributed by atoms with Crippen molar-refractivity contribution < 1.29 is 14.3 Å². The standard InChI is InChI=1S/C25H38N4O3/c26-21-8-12-23(13-9-21)29(24(30)20-4-2-1-3-5-20)18-19-6-10-22(11-7-19)27-25(31)28-14-16-32-17-15-28/h6-7,10-11,20-21,23H,1-5,8-9,12-18,26H2,(H,27,31). The van der Waals surface area contributed by atoms with Gasteiger partial charge in [-0.2, -0.15) is 0 Å². The van der Waals surface area contributed by atoms with Crippen LogP contribution in [-0.4, -0.2) is 60.1 Å². The fraction of sp³-hybridized carbons (Fsp3) is 0.680. The summed E-state index contributed by atoms with van der Waals surface area (Å²) in [6.45, 7) is 3.04. The molecule has 1 aromatic rings. The number of morpholine rings is 1. The number of carbonyl (C=O) groups excluding carboxylic acids is 2. The first-order chi connectivity index (χ1) is 15.6. The highest BCUT2D eigenvalue weighted by molar-refractivity contribution is 5.89. The molecule has 3 aliphatic rings. The number of ether oxygens (including phenoxy) is 1. The Hall–Kier alpha value is -2.12. The second kappa shape index (κ2) is 11.1. The Morgan fingerprint density at radius 2 is 1.62 bits per heavy atom. The van der Waals surface area contributed by atoms with E-state index in [2.05, 4.69) is 10.2 Å². The number of urea groups is 1. The van der Waals surface area contributed by atoms with Crippen molar-refractivity contribution in [2.45, 2.75) is 76.4 Å². The molecule has 0 spiro atoms. The monoisotopic (exact) mass is 442 g/mol. The van der Waals surface area contributed by atoms with Crippen LogP contribution >= 0.6 is 0 Å². The van der Waals surface area contributed by atoms with Crippen molar-refractivity contribution in [1.82, 2.24) is 9.80 Å². The lowest BCUT2D eigenvalue weighted by atomic mass is 9.85. The van der Waals surface area contributed by atoms with Gasteiger partial charge >= 0.3 is 6.03 Å². The molecular formula is C25H38N4O3. The van der Waals surface area contributed by atoms with Crippen LogP contribution in [0.15, 0.2) is 24.3 Å². The molecule has 2 saturated carbocycles. The summed E-state index contributed by atoms with van der Waals surface area (Å²) in [5.74, 6) is 0.501. The molecular weight excluding hydrogens is 404 g/mol. The van der Waals surface area contributed by atoms with E-state index in [9.17, 15) is 9.59 Å². The van der Waals surface area contributed by atoms with Gasteiger partial charge in [-0.1, -0.05) is 31.4 Å². The molecule has 0 unspecified atom stereocenters. The van der Waals surface area contributed by atoms with E-state index in [0.29, 0.717) is 38.8 Å². The number of hydrogen-bond donors (Lipinski definition) is 2. The van der Waals surface area contributed by atoms with Gasteiger partial charge in [0.25, 0.3) is 0 Å². The molecule has 0 atom stereocenters. The minimum Gasteiger partial charge on any atom is -0.378 e. The average Bonchev–Trinajstić information content (AvgIpc) is 2.85. The number of anilines is 1. The Balaban J connectivity index is 1.40. The quantitative estimate of drug-likeness (QED) is 0.727. The first-order valence-corrected chi connectivity index (χ1v) is 12.4. The number of rotatable bonds is 5. The van der Waals surface area contributed by atoms with E-state index in [0.717, 1.165) is 62.6 Å². The lowest BCUT2D eigenvalue weighted by Gasteiger charge is -2.39. The molecule has 1 heterocycles. The number of amides is 3. The van der Waals surface area contributed by atoms with Crippen molar-refractivity contribution in [1.29, 1.82) is 0 Å². The zero-order valence-electron chi connectivity index (χ0n) is 19.1. The Morgan fingerprint density at radius 1 is 0.969 bits per heavy atom. The maximum absolute atomic E-state index is 13.5. The summed E-state index contributed by atoms with van der Waals surface area (Å²) in [5.41, 5.74) is 8.01. The third-order valence-electron chi connectivity index (χ3n) is 7.28. The first-order valence-electron chi connectivity index (χ1n) is 12.4. The molecule has 32 heavy (non-hydrogen) atoms. The van der Waals surface area contributed by atoms with Crippen molar-refractivity contribution >= 4 is 17.6 Å². The molecule has 3 N–H and O–H groups in total. The summed E-state index contributed by atoms with van der Waals surface area (Å²) >= 11 is 0. The van der Waals surface area contributed by atoms with Gasteiger partial charge in [0.05, 0.1) is 13.2 Å². The summed E-state index contributed by atoms with van der Waals surface area (Å²) in [6.07, 6.45) is 9.59. The van der Waals surface area contributed by atoms with Gasteiger partial charge in [0, 0.05) is 43.3 Å². The van der Waals surface area contributed by atoms with Gasteiger partial charge in [0.15, 0.2) is 0 Å². The van der Waals surface area contributed by atoms with Gasteiger partial charge in [0.2, 0.25) is 5.91 Å². The smallest absolute Gasteiger partial charge is 0.321 e. The van der Waals surface area contributed by atoms with Gasteiger partial charge < -0.3 is 25.6 Å². The number of nitrogens with zero attached hydrogens (tertiary/aromatic N) is 2. The first kappa shape index (κ1) is 23.1. The number of nitrogens with one attached hydrogen (secondary N) is 1. The lowest BCUT2D eigenvalue weighted by molar-refractivity contribution is -0.140. The van der Waals surface area contributed by atoms with Gasteiger partial charge in [0.1, 0.15) is 0 Å². The van der Waals surface area contributed by atoms with Crippen LogP contribution in [-0.2, 0) is 16.1 Å². The summed E-state index contributed by atoms with van der Waals surface area (Å²) in [6, 6.07) is 8.40. The van der Waals surface area contributed by atoms with Gasteiger partial charge in [-0.05, 0) is 56.2 Å². The zero-order valence-corrected chi connectivity index (χ0v) is 19.1. The Kier molecular flexibility index (Phi) is 8.03. The molecule has 1 aromatic carbocycles. The molecule has 3 fully saturated rings. The van der Waals surface area contributed by atoms with Crippen LogP contribution in [0.1, 0.15) is 63.4 Å². The van der Waals surface area contributed by atoms with Crippen molar-refractivity contribution in [2.24, 2.45) is 11.7 Å². The minimum absolute atomic E-state index is 0.0892. The maximum Gasteiger partial charge on any atom is 0.321 e. The van der Waals surface area contributed by atoms with Gasteiger partial charge in [-0.15, -0.1) is 0 Å². The van der Waals surface area contributed by atoms with Crippen LogP contribution in [0, 0.1) is 5.92 Å². The molecule has 7 heteroatoms. The molecule has 1 aliphatic heterocycles. The van der Waals surface area contributed by atoms with Crippen LogP contribution in [0.5, 0.6) is 0 Å². The fourth-order valence-corrected chi connectivity index (χ4v) is 5.24. The summed E-state index contributed by atoms with van der Waals surface area (Å²) < 4.78 is 5.31. The normalized spacial score (nSPS) is 24.7. The van der Waals surface area contributed by atoms with Crippen LogP contribution in [0.2, 0.25) is 0 Å². The molecule has 4 rings (SSSR count). The van der Waals surface area contributed by atoms with Crippen LogP contribution in [0.4, 0.5) is 10.5 Å².